The Morgan fingerprint density at radius 1 is 1.20 bits per heavy atom. The first-order chi connectivity index (χ1) is 12.2. The SMILES string of the molecule is Cn1c(Cn2ccnc2)nnc1[C@@H]1CCCN(C(=O)C2CCCC2)C1. The monoisotopic (exact) mass is 342 g/mol. The highest BCUT2D eigenvalue weighted by molar-refractivity contribution is 5.79. The highest BCUT2D eigenvalue weighted by Crippen LogP contribution is 2.31. The Bertz CT molecular complexity index is 716. The van der Waals surface area contributed by atoms with Gasteiger partial charge in [0.05, 0.1) is 12.9 Å². The lowest BCUT2D eigenvalue weighted by Crippen LogP contribution is -2.42. The highest BCUT2D eigenvalue weighted by Gasteiger charge is 2.32. The third kappa shape index (κ3) is 3.32. The van der Waals surface area contributed by atoms with E-state index in [1.165, 1.54) is 12.8 Å². The molecule has 0 unspecified atom stereocenters. The summed E-state index contributed by atoms with van der Waals surface area (Å²) >= 11 is 0. The van der Waals surface area contributed by atoms with Gasteiger partial charge in [0.25, 0.3) is 0 Å². The number of carbonyl (C=O) groups excluding carboxylic acids is 1. The van der Waals surface area contributed by atoms with Gasteiger partial charge in [-0.3, -0.25) is 4.79 Å². The van der Waals surface area contributed by atoms with E-state index in [4.69, 9.17) is 0 Å². The fourth-order valence-corrected chi connectivity index (χ4v) is 4.23. The van der Waals surface area contributed by atoms with E-state index in [1.54, 1.807) is 12.5 Å². The molecule has 1 aliphatic heterocycles. The van der Waals surface area contributed by atoms with Gasteiger partial charge in [0.1, 0.15) is 5.82 Å². The van der Waals surface area contributed by atoms with E-state index < -0.39 is 0 Å². The van der Waals surface area contributed by atoms with Crippen LogP contribution in [-0.2, 0) is 18.4 Å². The van der Waals surface area contributed by atoms with Gasteiger partial charge in [0, 0.05) is 44.4 Å². The smallest absolute Gasteiger partial charge is 0.225 e. The molecule has 1 aliphatic carbocycles. The lowest BCUT2D eigenvalue weighted by molar-refractivity contribution is -0.136. The molecule has 1 saturated heterocycles. The van der Waals surface area contributed by atoms with Crippen molar-refractivity contribution in [2.75, 3.05) is 13.1 Å². The number of hydrogen-bond donors (Lipinski definition) is 0. The van der Waals surface area contributed by atoms with E-state index in [2.05, 4.69) is 24.6 Å². The Balaban J connectivity index is 1.46. The first kappa shape index (κ1) is 16.3. The van der Waals surface area contributed by atoms with Gasteiger partial charge in [0.15, 0.2) is 5.82 Å². The van der Waals surface area contributed by atoms with Crippen LogP contribution in [0.25, 0.3) is 0 Å². The Morgan fingerprint density at radius 3 is 2.80 bits per heavy atom. The quantitative estimate of drug-likeness (QED) is 0.852. The Morgan fingerprint density at radius 2 is 2.04 bits per heavy atom. The van der Waals surface area contributed by atoms with Crippen molar-refractivity contribution in [2.24, 2.45) is 13.0 Å². The molecule has 1 atom stereocenters. The molecule has 7 nitrogen and oxygen atoms in total. The summed E-state index contributed by atoms with van der Waals surface area (Å²) in [4.78, 5) is 18.9. The molecule has 1 saturated carbocycles. The fraction of sp³-hybridized carbons (Fsp3) is 0.667. The highest BCUT2D eigenvalue weighted by atomic mass is 16.2. The number of amides is 1. The van der Waals surface area contributed by atoms with Crippen molar-refractivity contribution < 1.29 is 4.79 Å². The van der Waals surface area contributed by atoms with E-state index in [0.29, 0.717) is 12.5 Å². The van der Waals surface area contributed by atoms with Crippen LogP contribution < -0.4 is 0 Å². The second-order valence-electron chi connectivity index (χ2n) is 7.37. The molecule has 2 fully saturated rings. The summed E-state index contributed by atoms with van der Waals surface area (Å²) in [5, 5.41) is 8.83. The zero-order chi connectivity index (χ0) is 17.2. The third-order valence-electron chi connectivity index (χ3n) is 5.68. The van der Waals surface area contributed by atoms with Crippen molar-refractivity contribution in [3.05, 3.63) is 30.4 Å². The van der Waals surface area contributed by atoms with Gasteiger partial charge in [-0.1, -0.05) is 12.8 Å². The minimum atomic E-state index is 0.259. The summed E-state index contributed by atoms with van der Waals surface area (Å²) in [5.41, 5.74) is 0. The molecule has 0 aromatic carbocycles. The molecule has 0 spiro atoms. The zero-order valence-corrected chi connectivity index (χ0v) is 14.8. The molecule has 2 aromatic rings. The maximum atomic E-state index is 12.8. The van der Waals surface area contributed by atoms with E-state index in [1.807, 2.05) is 17.8 Å². The van der Waals surface area contributed by atoms with Gasteiger partial charge in [-0.2, -0.15) is 0 Å². The molecular formula is C18H26N6O. The van der Waals surface area contributed by atoms with Gasteiger partial charge < -0.3 is 14.0 Å². The average molecular weight is 342 g/mol. The van der Waals surface area contributed by atoms with E-state index in [0.717, 1.165) is 50.4 Å². The Kier molecular flexibility index (Phi) is 4.55. The maximum absolute atomic E-state index is 12.8. The first-order valence-electron chi connectivity index (χ1n) is 9.35. The third-order valence-corrected chi connectivity index (χ3v) is 5.68. The second-order valence-corrected chi connectivity index (χ2v) is 7.37. The van der Waals surface area contributed by atoms with Crippen LogP contribution in [0.5, 0.6) is 0 Å². The van der Waals surface area contributed by atoms with Crippen LogP contribution in [0.2, 0.25) is 0 Å². The number of piperidine rings is 1. The number of nitrogens with zero attached hydrogens (tertiary/aromatic N) is 6. The molecule has 7 heteroatoms. The molecule has 3 heterocycles. The molecule has 2 aromatic heterocycles. The van der Waals surface area contributed by atoms with Crippen molar-refractivity contribution in [2.45, 2.75) is 51.0 Å². The van der Waals surface area contributed by atoms with Crippen molar-refractivity contribution in [3.8, 4) is 0 Å². The molecular weight excluding hydrogens is 316 g/mol. The van der Waals surface area contributed by atoms with Gasteiger partial charge in [-0.15, -0.1) is 10.2 Å². The van der Waals surface area contributed by atoms with Crippen LogP contribution in [0.1, 0.15) is 56.1 Å². The lowest BCUT2D eigenvalue weighted by atomic mass is 9.95. The molecule has 0 radical (unpaired) electrons. The Labute approximate surface area is 148 Å². The summed E-state index contributed by atoms with van der Waals surface area (Å²) in [5.74, 6) is 2.83. The Hall–Kier alpha value is -2.18. The average Bonchev–Trinajstić information content (AvgIpc) is 3.38. The van der Waals surface area contributed by atoms with Gasteiger partial charge >= 0.3 is 0 Å². The minimum absolute atomic E-state index is 0.259. The lowest BCUT2D eigenvalue weighted by Gasteiger charge is -2.33. The first-order valence-corrected chi connectivity index (χ1v) is 9.35. The summed E-state index contributed by atoms with van der Waals surface area (Å²) in [6, 6.07) is 0. The standard InChI is InChI=1S/C18H26N6O/c1-22-16(12-23-10-8-19-13-23)20-21-17(22)15-7-4-9-24(11-15)18(25)14-5-2-3-6-14/h8,10,13-15H,2-7,9,11-12H2,1H3/t15-/m1/s1. The van der Waals surface area contributed by atoms with Crippen LogP contribution in [-0.4, -0.2) is 48.2 Å². The van der Waals surface area contributed by atoms with Crippen molar-refractivity contribution in [1.29, 1.82) is 0 Å². The van der Waals surface area contributed by atoms with E-state index >= 15 is 0 Å². The summed E-state index contributed by atoms with van der Waals surface area (Å²) in [6.45, 7) is 2.35. The van der Waals surface area contributed by atoms with Gasteiger partial charge in [0.2, 0.25) is 5.91 Å². The van der Waals surface area contributed by atoms with Crippen molar-refractivity contribution >= 4 is 5.91 Å². The molecule has 4 rings (SSSR count). The summed E-state index contributed by atoms with van der Waals surface area (Å²) < 4.78 is 4.08. The molecule has 25 heavy (non-hydrogen) atoms. The number of hydrogen-bond acceptors (Lipinski definition) is 4. The van der Waals surface area contributed by atoms with Crippen LogP contribution in [0.3, 0.4) is 0 Å². The summed E-state index contributed by atoms with van der Waals surface area (Å²) in [6.07, 6.45) is 12.2. The normalized spacial score (nSPS) is 21.8. The summed E-state index contributed by atoms with van der Waals surface area (Å²) in [7, 11) is 2.03. The van der Waals surface area contributed by atoms with Gasteiger partial charge in [-0.05, 0) is 25.7 Å². The predicted molar refractivity (Wildman–Crippen MR) is 92.8 cm³/mol. The van der Waals surface area contributed by atoms with E-state index in [-0.39, 0.29) is 11.8 Å². The number of aromatic nitrogens is 5. The van der Waals surface area contributed by atoms with E-state index in [9.17, 15) is 4.79 Å². The van der Waals surface area contributed by atoms with Crippen LogP contribution in [0.4, 0.5) is 0 Å². The van der Waals surface area contributed by atoms with Crippen LogP contribution in [0, 0.1) is 5.92 Å². The van der Waals surface area contributed by atoms with Crippen molar-refractivity contribution in [1.82, 2.24) is 29.2 Å². The topological polar surface area (TPSA) is 68.8 Å². The number of carbonyl (C=O) groups is 1. The second kappa shape index (κ2) is 6.98. The van der Waals surface area contributed by atoms with Gasteiger partial charge in [-0.25, -0.2) is 4.98 Å². The minimum Gasteiger partial charge on any atom is -0.342 e. The fourth-order valence-electron chi connectivity index (χ4n) is 4.23. The van der Waals surface area contributed by atoms with Crippen molar-refractivity contribution in [3.63, 3.8) is 0 Å². The molecule has 0 bridgehead atoms. The maximum Gasteiger partial charge on any atom is 0.225 e. The molecule has 2 aliphatic rings. The van der Waals surface area contributed by atoms with Crippen LogP contribution in [0.15, 0.2) is 18.7 Å². The number of imidazole rings is 1. The number of rotatable bonds is 4. The molecule has 1 amide bonds. The largest absolute Gasteiger partial charge is 0.342 e. The number of likely N-dealkylation sites (tertiary alicyclic amines) is 1. The molecule has 0 N–H and O–H groups in total. The zero-order valence-electron chi connectivity index (χ0n) is 14.8. The molecule has 134 valence electrons. The predicted octanol–water partition coefficient (Wildman–Crippen LogP) is 1.96. The van der Waals surface area contributed by atoms with Crippen LogP contribution >= 0.6 is 0 Å².